The number of halogens is 1. The zero-order valence-corrected chi connectivity index (χ0v) is 12.3. The summed E-state index contributed by atoms with van der Waals surface area (Å²) >= 11 is 0. The molecule has 1 unspecified atom stereocenters. The second-order valence-corrected chi connectivity index (χ2v) is 4.80. The van der Waals surface area contributed by atoms with Gasteiger partial charge in [0.2, 0.25) is 5.91 Å². The minimum Gasteiger partial charge on any atom is -0.351 e. The van der Waals surface area contributed by atoms with Crippen LogP contribution in [0.4, 0.5) is 0 Å². The van der Waals surface area contributed by atoms with Gasteiger partial charge < -0.3 is 10.6 Å². The van der Waals surface area contributed by atoms with Crippen LogP contribution in [0, 0.1) is 0 Å². The number of carbonyl (C=O) groups excluding carboxylic acids is 1. The van der Waals surface area contributed by atoms with E-state index in [9.17, 15) is 4.79 Å². The molecule has 1 amide bonds. The molecule has 1 saturated heterocycles. The molecule has 0 spiro atoms. The van der Waals surface area contributed by atoms with E-state index in [0.717, 1.165) is 30.8 Å². The first-order chi connectivity index (χ1) is 9.84. The van der Waals surface area contributed by atoms with E-state index in [4.69, 9.17) is 0 Å². The summed E-state index contributed by atoms with van der Waals surface area (Å²) in [6.07, 6.45) is 7.24. The summed E-state index contributed by atoms with van der Waals surface area (Å²) in [5.74, 6) is 0.801. The summed E-state index contributed by atoms with van der Waals surface area (Å²) in [7, 11) is 0. The zero-order valence-electron chi connectivity index (χ0n) is 11.5. The second kappa shape index (κ2) is 7.19. The number of hydrogen-bond acceptors (Lipinski definition) is 4. The molecule has 1 atom stereocenters. The monoisotopic (exact) mass is 307 g/mol. The molecule has 6 nitrogen and oxygen atoms in total. The number of rotatable bonds is 4. The van der Waals surface area contributed by atoms with Crippen LogP contribution in [0.5, 0.6) is 0 Å². The molecule has 1 fully saturated rings. The number of carbonyl (C=O) groups is 1. The maximum absolute atomic E-state index is 12.0. The summed E-state index contributed by atoms with van der Waals surface area (Å²) in [5, 5.41) is 10.3. The lowest BCUT2D eigenvalue weighted by Crippen LogP contribution is -2.40. The third-order valence-corrected chi connectivity index (χ3v) is 3.42. The summed E-state index contributed by atoms with van der Waals surface area (Å²) < 4.78 is 1.70. The normalized spacial score (nSPS) is 17.2. The molecule has 2 N–H and O–H groups in total. The van der Waals surface area contributed by atoms with Crippen molar-refractivity contribution in [2.24, 2.45) is 0 Å². The number of pyridine rings is 1. The van der Waals surface area contributed by atoms with Crippen LogP contribution in [-0.2, 0) is 11.3 Å². The minimum atomic E-state index is -0.0557. The average molecular weight is 308 g/mol. The maximum Gasteiger partial charge on any atom is 0.237 e. The first-order valence-corrected chi connectivity index (χ1v) is 6.79. The van der Waals surface area contributed by atoms with Gasteiger partial charge in [-0.25, -0.2) is 9.67 Å². The fraction of sp³-hybridized carbons (Fsp3) is 0.357. The minimum absolute atomic E-state index is 0. The van der Waals surface area contributed by atoms with Crippen molar-refractivity contribution < 1.29 is 4.79 Å². The van der Waals surface area contributed by atoms with E-state index in [-0.39, 0.29) is 24.4 Å². The Bertz CT molecular complexity index is 581. The lowest BCUT2D eigenvalue weighted by atomic mass is 10.2. The lowest BCUT2D eigenvalue weighted by Gasteiger charge is -2.13. The largest absolute Gasteiger partial charge is 0.351 e. The summed E-state index contributed by atoms with van der Waals surface area (Å²) in [6, 6.07) is 5.61. The molecule has 0 aliphatic carbocycles. The van der Waals surface area contributed by atoms with Crippen LogP contribution >= 0.6 is 12.4 Å². The number of aromatic nitrogens is 3. The Hall–Kier alpha value is -1.92. The molecule has 1 aliphatic heterocycles. The van der Waals surface area contributed by atoms with Crippen molar-refractivity contribution in [2.45, 2.75) is 25.4 Å². The quantitative estimate of drug-likeness (QED) is 0.886. The van der Waals surface area contributed by atoms with Gasteiger partial charge in [-0.15, -0.1) is 12.4 Å². The van der Waals surface area contributed by atoms with Crippen LogP contribution in [0.3, 0.4) is 0 Å². The third kappa shape index (κ3) is 3.59. The van der Waals surface area contributed by atoms with Crippen molar-refractivity contribution in [1.29, 1.82) is 0 Å². The average Bonchev–Trinajstić information content (AvgIpc) is 3.17. The molecule has 0 bridgehead atoms. The van der Waals surface area contributed by atoms with Crippen molar-refractivity contribution in [2.75, 3.05) is 6.54 Å². The fourth-order valence-electron chi connectivity index (χ4n) is 2.38. The van der Waals surface area contributed by atoms with E-state index < -0.39 is 0 Å². The van der Waals surface area contributed by atoms with Gasteiger partial charge in [0.25, 0.3) is 0 Å². The van der Waals surface area contributed by atoms with Crippen molar-refractivity contribution in [3.8, 4) is 5.82 Å². The zero-order chi connectivity index (χ0) is 13.8. The molecular formula is C14H18ClN5O. The highest BCUT2D eigenvalue weighted by Crippen LogP contribution is 2.10. The van der Waals surface area contributed by atoms with Crippen molar-refractivity contribution >= 4 is 18.3 Å². The van der Waals surface area contributed by atoms with E-state index in [1.807, 2.05) is 24.4 Å². The van der Waals surface area contributed by atoms with Gasteiger partial charge in [-0.2, -0.15) is 5.10 Å². The fourth-order valence-corrected chi connectivity index (χ4v) is 2.38. The van der Waals surface area contributed by atoms with Gasteiger partial charge in [0.1, 0.15) is 0 Å². The number of hydrogen-bond donors (Lipinski definition) is 2. The first-order valence-electron chi connectivity index (χ1n) is 6.79. The Balaban J connectivity index is 0.00000161. The van der Waals surface area contributed by atoms with Gasteiger partial charge in [0, 0.05) is 30.7 Å². The van der Waals surface area contributed by atoms with Gasteiger partial charge in [0.05, 0.1) is 6.04 Å². The first kappa shape index (κ1) is 15.5. The van der Waals surface area contributed by atoms with Crippen LogP contribution in [0.2, 0.25) is 0 Å². The predicted octanol–water partition coefficient (Wildman–Crippen LogP) is 1.06. The van der Waals surface area contributed by atoms with Gasteiger partial charge in [0.15, 0.2) is 5.82 Å². The molecule has 21 heavy (non-hydrogen) atoms. The van der Waals surface area contributed by atoms with Crippen LogP contribution in [0.1, 0.15) is 18.4 Å². The molecule has 2 aromatic rings. The molecule has 0 aromatic carbocycles. The molecule has 3 rings (SSSR count). The smallest absolute Gasteiger partial charge is 0.237 e. The van der Waals surface area contributed by atoms with Crippen LogP contribution in [0.15, 0.2) is 36.8 Å². The van der Waals surface area contributed by atoms with E-state index in [2.05, 4.69) is 20.7 Å². The molecule has 112 valence electrons. The Morgan fingerprint density at radius 3 is 3.05 bits per heavy atom. The van der Waals surface area contributed by atoms with E-state index in [1.54, 1.807) is 17.1 Å². The molecule has 1 aliphatic rings. The Morgan fingerprint density at radius 2 is 2.33 bits per heavy atom. The molecular weight excluding hydrogens is 290 g/mol. The van der Waals surface area contributed by atoms with Crippen LogP contribution in [-0.4, -0.2) is 33.3 Å². The van der Waals surface area contributed by atoms with Gasteiger partial charge in [-0.3, -0.25) is 4.79 Å². The molecule has 7 heteroatoms. The molecule has 0 saturated carbocycles. The number of amides is 1. The van der Waals surface area contributed by atoms with Gasteiger partial charge in [-0.05, 0) is 31.5 Å². The van der Waals surface area contributed by atoms with Crippen molar-refractivity contribution in [3.63, 3.8) is 0 Å². The molecule has 3 heterocycles. The Morgan fingerprint density at radius 1 is 1.43 bits per heavy atom. The van der Waals surface area contributed by atoms with Gasteiger partial charge >= 0.3 is 0 Å². The maximum atomic E-state index is 12.0. The summed E-state index contributed by atoms with van der Waals surface area (Å²) in [5.41, 5.74) is 0.947. The van der Waals surface area contributed by atoms with Crippen LogP contribution in [0.25, 0.3) is 5.82 Å². The molecule has 2 aromatic heterocycles. The standard InChI is InChI=1S/C14H17N5O.ClH/c20-14(12-5-2-6-15-12)17-10-11-4-1-7-16-13(11)19-9-3-8-18-19;/h1,3-4,7-9,12,15H,2,5-6,10H2,(H,17,20);1H. The highest BCUT2D eigenvalue weighted by Gasteiger charge is 2.21. The lowest BCUT2D eigenvalue weighted by molar-refractivity contribution is -0.122. The summed E-state index contributed by atoms with van der Waals surface area (Å²) in [4.78, 5) is 16.3. The van der Waals surface area contributed by atoms with Crippen molar-refractivity contribution in [3.05, 3.63) is 42.4 Å². The van der Waals surface area contributed by atoms with E-state index in [0.29, 0.717) is 6.54 Å². The van der Waals surface area contributed by atoms with E-state index >= 15 is 0 Å². The summed E-state index contributed by atoms with van der Waals surface area (Å²) in [6.45, 7) is 1.38. The highest BCUT2D eigenvalue weighted by molar-refractivity contribution is 5.85. The van der Waals surface area contributed by atoms with Gasteiger partial charge in [-0.1, -0.05) is 6.07 Å². The predicted molar refractivity (Wildman–Crippen MR) is 81.5 cm³/mol. The number of nitrogens with zero attached hydrogens (tertiary/aromatic N) is 3. The Kier molecular flexibility index (Phi) is 5.30. The second-order valence-electron chi connectivity index (χ2n) is 4.80. The number of nitrogens with one attached hydrogen (secondary N) is 2. The van der Waals surface area contributed by atoms with E-state index in [1.165, 1.54) is 0 Å². The highest BCUT2D eigenvalue weighted by atomic mass is 35.5. The van der Waals surface area contributed by atoms with Crippen LogP contribution < -0.4 is 10.6 Å². The van der Waals surface area contributed by atoms with Crippen molar-refractivity contribution in [1.82, 2.24) is 25.4 Å². The topological polar surface area (TPSA) is 71.8 Å². The SMILES string of the molecule is Cl.O=C(NCc1cccnc1-n1cccn1)C1CCCN1. The Labute approximate surface area is 129 Å². The molecule has 0 radical (unpaired) electrons. The third-order valence-electron chi connectivity index (χ3n) is 3.42.